The Morgan fingerprint density at radius 2 is 2.00 bits per heavy atom. The van der Waals surface area contributed by atoms with Crippen molar-refractivity contribution < 1.29 is 5.11 Å². The Bertz CT molecular complexity index is 175. The predicted octanol–water partition coefficient (Wildman–Crippen LogP) is -0.407. The minimum absolute atomic E-state index is 0.134. The van der Waals surface area contributed by atoms with Gasteiger partial charge in [0.25, 0.3) is 0 Å². The lowest BCUT2D eigenvalue weighted by Crippen LogP contribution is -2.36. The second-order valence-corrected chi connectivity index (χ2v) is 4.91. The zero-order valence-corrected chi connectivity index (χ0v) is 10.2. The molecule has 1 aliphatic rings. The molecule has 0 bridgehead atoms. The van der Waals surface area contributed by atoms with Gasteiger partial charge in [-0.1, -0.05) is 0 Å². The number of nitrogens with one attached hydrogen (secondary N) is 1. The fourth-order valence-electron chi connectivity index (χ4n) is 2.06. The van der Waals surface area contributed by atoms with Crippen LogP contribution in [0.3, 0.4) is 0 Å². The molecule has 1 rings (SSSR count). The Morgan fingerprint density at radius 3 is 2.53 bits per heavy atom. The summed E-state index contributed by atoms with van der Waals surface area (Å²) in [4.78, 5) is 4.56. The van der Waals surface area contributed by atoms with E-state index in [0.717, 1.165) is 32.6 Å². The van der Waals surface area contributed by atoms with Crippen LogP contribution in [0, 0.1) is 0 Å². The summed E-state index contributed by atoms with van der Waals surface area (Å²) < 4.78 is 0. The number of aliphatic hydroxyl groups is 1. The van der Waals surface area contributed by atoms with E-state index < -0.39 is 0 Å². The molecule has 0 amide bonds. The average molecular weight is 215 g/mol. The number of hydrogen-bond acceptors (Lipinski definition) is 4. The number of rotatable bonds is 6. The molecule has 1 heterocycles. The van der Waals surface area contributed by atoms with Crippen LogP contribution in [0.5, 0.6) is 0 Å². The molecule has 1 aliphatic heterocycles. The van der Waals surface area contributed by atoms with Crippen LogP contribution in [-0.4, -0.2) is 74.4 Å². The van der Waals surface area contributed by atoms with Gasteiger partial charge in [-0.3, -0.25) is 0 Å². The smallest absolute Gasteiger partial charge is 0.0680 e. The predicted molar refractivity (Wildman–Crippen MR) is 63.1 cm³/mol. The molecular weight excluding hydrogens is 190 g/mol. The maximum atomic E-state index is 9.37. The lowest BCUT2D eigenvalue weighted by molar-refractivity contribution is 0.189. The van der Waals surface area contributed by atoms with Gasteiger partial charge < -0.3 is 20.2 Å². The van der Waals surface area contributed by atoms with Gasteiger partial charge in [0.15, 0.2) is 0 Å². The maximum absolute atomic E-state index is 9.37. The van der Waals surface area contributed by atoms with Crippen molar-refractivity contribution in [2.24, 2.45) is 0 Å². The van der Waals surface area contributed by atoms with Gasteiger partial charge in [-0.15, -0.1) is 0 Å². The number of β-amino-alcohol motifs (C(OH)–C–C–N with tert-alkyl or cyclic N) is 1. The highest BCUT2D eigenvalue weighted by Gasteiger charge is 2.22. The highest BCUT2D eigenvalue weighted by atomic mass is 16.3. The Morgan fingerprint density at radius 1 is 1.27 bits per heavy atom. The minimum atomic E-state index is -0.134. The molecule has 4 nitrogen and oxygen atoms in total. The molecule has 1 saturated heterocycles. The molecule has 15 heavy (non-hydrogen) atoms. The first-order chi connectivity index (χ1) is 7.08. The third kappa shape index (κ3) is 5.47. The van der Waals surface area contributed by atoms with Crippen molar-refractivity contribution in [3.05, 3.63) is 0 Å². The Labute approximate surface area is 93.2 Å². The summed E-state index contributed by atoms with van der Waals surface area (Å²) in [6.07, 6.45) is 1.97. The summed E-state index contributed by atoms with van der Waals surface area (Å²) in [7, 11) is 6.37. The second kappa shape index (κ2) is 6.43. The van der Waals surface area contributed by atoms with Crippen molar-refractivity contribution in [1.82, 2.24) is 15.1 Å². The summed E-state index contributed by atoms with van der Waals surface area (Å²) in [5, 5.41) is 12.7. The summed E-state index contributed by atoms with van der Waals surface area (Å²) in [6, 6.07) is 0.476. The van der Waals surface area contributed by atoms with Gasteiger partial charge in [0.2, 0.25) is 0 Å². The molecule has 0 radical (unpaired) electrons. The van der Waals surface area contributed by atoms with Gasteiger partial charge in [-0.25, -0.2) is 0 Å². The lowest BCUT2D eigenvalue weighted by atomic mass is 10.2. The monoisotopic (exact) mass is 215 g/mol. The van der Waals surface area contributed by atoms with Gasteiger partial charge in [0.1, 0.15) is 0 Å². The van der Waals surface area contributed by atoms with Crippen LogP contribution in [0.25, 0.3) is 0 Å². The molecule has 0 saturated carbocycles. The van der Waals surface area contributed by atoms with Crippen molar-refractivity contribution in [1.29, 1.82) is 0 Å². The SMILES string of the molecule is CN(C)CCCN(C)CC1CC(O)CN1. The molecule has 2 atom stereocenters. The van der Waals surface area contributed by atoms with E-state index in [1.807, 2.05) is 0 Å². The van der Waals surface area contributed by atoms with Crippen LogP contribution in [0.1, 0.15) is 12.8 Å². The van der Waals surface area contributed by atoms with Crippen molar-refractivity contribution >= 4 is 0 Å². The maximum Gasteiger partial charge on any atom is 0.0680 e. The first kappa shape index (κ1) is 12.9. The van der Waals surface area contributed by atoms with Crippen LogP contribution in [0.4, 0.5) is 0 Å². The van der Waals surface area contributed by atoms with E-state index in [1.54, 1.807) is 0 Å². The second-order valence-electron chi connectivity index (χ2n) is 4.91. The lowest BCUT2D eigenvalue weighted by Gasteiger charge is -2.21. The van der Waals surface area contributed by atoms with Gasteiger partial charge in [0, 0.05) is 19.1 Å². The Kier molecular flexibility index (Phi) is 5.53. The molecule has 2 unspecified atom stereocenters. The molecule has 0 aromatic rings. The molecule has 1 fully saturated rings. The third-order valence-electron chi connectivity index (χ3n) is 2.88. The molecule has 2 N–H and O–H groups in total. The molecule has 4 heteroatoms. The van der Waals surface area contributed by atoms with E-state index in [4.69, 9.17) is 0 Å². The number of likely N-dealkylation sites (N-methyl/N-ethyl adjacent to an activating group) is 1. The van der Waals surface area contributed by atoms with E-state index in [1.165, 1.54) is 6.42 Å². The van der Waals surface area contributed by atoms with E-state index in [-0.39, 0.29) is 6.10 Å². The number of hydrogen-bond donors (Lipinski definition) is 2. The summed E-state index contributed by atoms with van der Waals surface area (Å²) in [5.74, 6) is 0. The van der Waals surface area contributed by atoms with Gasteiger partial charge in [0.05, 0.1) is 6.10 Å². The van der Waals surface area contributed by atoms with Crippen LogP contribution >= 0.6 is 0 Å². The first-order valence-electron chi connectivity index (χ1n) is 5.82. The largest absolute Gasteiger partial charge is 0.392 e. The minimum Gasteiger partial charge on any atom is -0.392 e. The fourth-order valence-corrected chi connectivity index (χ4v) is 2.06. The van der Waals surface area contributed by atoms with Crippen molar-refractivity contribution in [3.8, 4) is 0 Å². The number of aliphatic hydroxyl groups excluding tert-OH is 1. The standard InChI is InChI=1S/C11H25N3O/c1-13(2)5-4-6-14(3)9-10-7-11(15)8-12-10/h10-12,15H,4-9H2,1-3H3. The highest BCUT2D eigenvalue weighted by Crippen LogP contribution is 2.07. The molecule has 0 aromatic carbocycles. The van der Waals surface area contributed by atoms with Crippen LogP contribution in [-0.2, 0) is 0 Å². The van der Waals surface area contributed by atoms with Crippen molar-refractivity contribution in [2.45, 2.75) is 25.0 Å². The topological polar surface area (TPSA) is 38.7 Å². The normalized spacial score (nSPS) is 26.8. The molecule has 0 aromatic heterocycles. The number of nitrogens with zero attached hydrogens (tertiary/aromatic N) is 2. The first-order valence-corrected chi connectivity index (χ1v) is 5.82. The van der Waals surface area contributed by atoms with Gasteiger partial charge in [-0.2, -0.15) is 0 Å². The zero-order valence-electron chi connectivity index (χ0n) is 10.2. The van der Waals surface area contributed by atoms with E-state index in [9.17, 15) is 5.11 Å². The highest BCUT2D eigenvalue weighted by molar-refractivity contribution is 4.82. The molecule has 0 aliphatic carbocycles. The Balaban J connectivity index is 2.05. The average Bonchev–Trinajstić information content (AvgIpc) is 2.50. The van der Waals surface area contributed by atoms with E-state index >= 15 is 0 Å². The summed E-state index contributed by atoms with van der Waals surface area (Å²) in [6.45, 7) is 4.08. The molecule has 90 valence electrons. The van der Waals surface area contributed by atoms with Gasteiger partial charge in [-0.05, 0) is 47.1 Å². The third-order valence-corrected chi connectivity index (χ3v) is 2.88. The van der Waals surface area contributed by atoms with Gasteiger partial charge >= 0.3 is 0 Å². The quantitative estimate of drug-likeness (QED) is 0.632. The van der Waals surface area contributed by atoms with Crippen molar-refractivity contribution in [3.63, 3.8) is 0 Å². The summed E-state index contributed by atoms with van der Waals surface area (Å²) in [5.41, 5.74) is 0. The van der Waals surface area contributed by atoms with E-state index in [2.05, 4.69) is 36.3 Å². The fraction of sp³-hybridized carbons (Fsp3) is 1.00. The van der Waals surface area contributed by atoms with Crippen LogP contribution in [0.15, 0.2) is 0 Å². The molecular formula is C11H25N3O. The van der Waals surface area contributed by atoms with Crippen LogP contribution in [0.2, 0.25) is 0 Å². The zero-order chi connectivity index (χ0) is 11.3. The van der Waals surface area contributed by atoms with E-state index in [0.29, 0.717) is 6.04 Å². The molecule has 0 spiro atoms. The van der Waals surface area contributed by atoms with Crippen molar-refractivity contribution in [2.75, 3.05) is 47.3 Å². The Hall–Kier alpha value is -0.160. The summed E-state index contributed by atoms with van der Waals surface area (Å²) >= 11 is 0. The van der Waals surface area contributed by atoms with Crippen LogP contribution < -0.4 is 5.32 Å².